The van der Waals surface area contributed by atoms with Crippen LogP contribution in [0.2, 0.25) is 0 Å². The van der Waals surface area contributed by atoms with E-state index in [1.807, 2.05) is 55.5 Å². The molecule has 0 spiro atoms. The molecule has 5 rings (SSSR count). The fourth-order valence-electron chi connectivity index (χ4n) is 4.25. The number of carbonyl (C=O) groups excluding carboxylic acids is 1. The Labute approximate surface area is 214 Å². The molecule has 0 fully saturated rings. The number of hydrogen-bond donors (Lipinski definition) is 1. The molecule has 1 amide bonds. The lowest BCUT2D eigenvalue weighted by molar-refractivity contribution is 0.102. The van der Waals surface area contributed by atoms with Crippen molar-refractivity contribution in [1.29, 1.82) is 0 Å². The van der Waals surface area contributed by atoms with Gasteiger partial charge in [-0.1, -0.05) is 12.1 Å². The van der Waals surface area contributed by atoms with Gasteiger partial charge in [0, 0.05) is 28.9 Å². The molecule has 0 radical (unpaired) electrons. The van der Waals surface area contributed by atoms with Crippen LogP contribution in [0.4, 0.5) is 5.69 Å². The zero-order valence-electron chi connectivity index (χ0n) is 21.0. The number of nitrogens with one attached hydrogen (secondary N) is 1. The number of fused-ring (bicyclic) bond motifs is 2. The van der Waals surface area contributed by atoms with Crippen LogP contribution in [0.15, 0.2) is 79.0 Å². The Balaban J connectivity index is 1.42. The average molecular weight is 495 g/mol. The van der Waals surface area contributed by atoms with E-state index in [0.717, 1.165) is 33.0 Å². The number of amides is 1. The van der Waals surface area contributed by atoms with Crippen molar-refractivity contribution in [2.45, 2.75) is 6.92 Å². The van der Waals surface area contributed by atoms with Crippen LogP contribution in [-0.2, 0) is 0 Å². The molecule has 0 aliphatic heterocycles. The van der Waals surface area contributed by atoms with Crippen LogP contribution in [-0.4, -0.2) is 32.2 Å². The summed E-state index contributed by atoms with van der Waals surface area (Å²) < 4.78 is 22.4. The Hall–Kier alpha value is -4.78. The minimum absolute atomic E-state index is 0.185. The van der Waals surface area contributed by atoms with Gasteiger partial charge in [-0.05, 0) is 77.9 Å². The zero-order chi connectivity index (χ0) is 25.9. The number of ether oxygens (including phenoxy) is 4. The number of pyridine rings is 1. The smallest absolute Gasteiger partial charge is 0.255 e. The molecule has 0 aliphatic rings. The van der Waals surface area contributed by atoms with Crippen molar-refractivity contribution in [3.63, 3.8) is 0 Å². The second kappa shape index (κ2) is 10.1. The summed E-state index contributed by atoms with van der Waals surface area (Å²) in [5, 5.41) is 5.79. The summed E-state index contributed by atoms with van der Waals surface area (Å²) in [4.78, 5) is 17.1. The molecule has 0 unspecified atom stereocenters. The molecule has 0 atom stereocenters. The first kappa shape index (κ1) is 23.9. The number of rotatable bonds is 7. The van der Waals surface area contributed by atoms with Crippen LogP contribution >= 0.6 is 0 Å². The standard InChI is InChI=1S/C30H26N2O5/c1-18-23-11-8-21(32-30(33)19-5-9-22(34-2)10-6-19)15-20(23)7-12-26(18)37-27-13-14-31-25-17-29(36-4)28(35-3)16-24(25)27/h5-17H,1-4H3,(H,32,33). The van der Waals surface area contributed by atoms with Gasteiger partial charge in [-0.2, -0.15) is 0 Å². The first-order chi connectivity index (χ1) is 18.0. The van der Waals surface area contributed by atoms with Gasteiger partial charge >= 0.3 is 0 Å². The second-order valence-corrected chi connectivity index (χ2v) is 8.44. The third-order valence-corrected chi connectivity index (χ3v) is 6.28. The van der Waals surface area contributed by atoms with Crippen LogP contribution in [0.25, 0.3) is 21.7 Å². The molecule has 1 N–H and O–H groups in total. The molecule has 4 aromatic carbocycles. The third kappa shape index (κ3) is 4.71. The van der Waals surface area contributed by atoms with E-state index in [-0.39, 0.29) is 5.91 Å². The Kier molecular flexibility index (Phi) is 6.51. The fourth-order valence-corrected chi connectivity index (χ4v) is 4.25. The Bertz CT molecular complexity index is 1610. The molecule has 7 nitrogen and oxygen atoms in total. The molecule has 7 heteroatoms. The lowest BCUT2D eigenvalue weighted by Crippen LogP contribution is -2.11. The number of aromatic nitrogens is 1. The predicted octanol–water partition coefficient (Wildman–Crippen LogP) is 6.77. The van der Waals surface area contributed by atoms with Crippen molar-refractivity contribution in [1.82, 2.24) is 4.98 Å². The molecule has 0 bridgehead atoms. The number of aryl methyl sites for hydroxylation is 1. The van der Waals surface area contributed by atoms with E-state index >= 15 is 0 Å². The van der Waals surface area contributed by atoms with Gasteiger partial charge in [-0.3, -0.25) is 9.78 Å². The number of anilines is 1. The molecule has 0 saturated carbocycles. The Morgan fingerprint density at radius 1 is 0.730 bits per heavy atom. The highest BCUT2D eigenvalue weighted by Crippen LogP contribution is 2.38. The van der Waals surface area contributed by atoms with E-state index in [4.69, 9.17) is 18.9 Å². The first-order valence-corrected chi connectivity index (χ1v) is 11.7. The van der Waals surface area contributed by atoms with Gasteiger partial charge in [0.25, 0.3) is 5.91 Å². The van der Waals surface area contributed by atoms with Crippen LogP contribution in [0.1, 0.15) is 15.9 Å². The highest BCUT2D eigenvalue weighted by molar-refractivity contribution is 6.05. The first-order valence-electron chi connectivity index (χ1n) is 11.7. The summed E-state index contributed by atoms with van der Waals surface area (Å²) in [7, 11) is 4.79. The summed E-state index contributed by atoms with van der Waals surface area (Å²) in [6, 6.07) is 22.3. The monoisotopic (exact) mass is 494 g/mol. The van der Waals surface area contributed by atoms with E-state index in [0.29, 0.717) is 34.2 Å². The number of hydrogen-bond acceptors (Lipinski definition) is 6. The van der Waals surface area contributed by atoms with Gasteiger partial charge in [-0.25, -0.2) is 0 Å². The van der Waals surface area contributed by atoms with Crippen molar-refractivity contribution in [2.24, 2.45) is 0 Å². The SMILES string of the molecule is COc1ccc(C(=O)Nc2ccc3c(C)c(Oc4ccnc5cc(OC)c(OC)cc45)ccc3c2)cc1. The van der Waals surface area contributed by atoms with Gasteiger partial charge in [0.05, 0.1) is 26.8 Å². The highest BCUT2D eigenvalue weighted by Gasteiger charge is 2.14. The van der Waals surface area contributed by atoms with Crippen molar-refractivity contribution in [3.8, 4) is 28.7 Å². The van der Waals surface area contributed by atoms with E-state index in [9.17, 15) is 4.79 Å². The largest absolute Gasteiger partial charge is 0.497 e. The topological polar surface area (TPSA) is 78.9 Å². The van der Waals surface area contributed by atoms with Crippen LogP contribution in [0.5, 0.6) is 28.7 Å². The highest BCUT2D eigenvalue weighted by atomic mass is 16.5. The summed E-state index contributed by atoms with van der Waals surface area (Å²) in [6.07, 6.45) is 1.71. The zero-order valence-corrected chi connectivity index (χ0v) is 21.0. The molecule has 1 aromatic heterocycles. The van der Waals surface area contributed by atoms with Gasteiger partial charge in [0.15, 0.2) is 11.5 Å². The summed E-state index contributed by atoms with van der Waals surface area (Å²) in [6.45, 7) is 2.01. The van der Waals surface area contributed by atoms with Crippen LogP contribution in [0, 0.1) is 6.92 Å². The molecule has 1 heterocycles. The van der Waals surface area contributed by atoms with E-state index in [1.165, 1.54) is 0 Å². The second-order valence-electron chi connectivity index (χ2n) is 8.44. The fraction of sp³-hybridized carbons (Fsp3) is 0.133. The summed E-state index contributed by atoms with van der Waals surface area (Å²) >= 11 is 0. The molecule has 5 aromatic rings. The minimum Gasteiger partial charge on any atom is -0.497 e. The molecular weight excluding hydrogens is 468 g/mol. The van der Waals surface area contributed by atoms with Crippen molar-refractivity contribution >= 4 is 33.3 Å². The lowest BCUT2D eigenvalue weighted by Gasteiger charge is -2.15. The van der Waals surface area contributed by atoms with E-state index < -0.39 is 0 Å². The quantitative estimate of drug-likeness (QED) is 0.269. The average Bonchev–Trinajstić information content (AvgIpc) is 2.94. The van der Waals surface area contributed by atoms with Crippen molar-refractivity contribution in [2.75, 3.05) is 26.6 Å². The normalized spacial score (nSPS) is 10.8. The van der Waals surface area contributed by atoms with E-state index in [1.54, 1.807) is 51.8 Å². The Morgan fingerprint density at radius 2 is 1.49 bits per heavy atom. The molecule has 0 aliphatic carbocycles. The van der Waals surface area contributed by atoms with Gasteiger partial charge < -0.3 is 24.3 Å². The molecule has 37 heavy (non-hydrogen) atoms. The maximum Gasteiger partial charge on any atom is 0.255 e. The molecule has 186 valence electrons. The van der Waals surface area contributed by atoms with Gasteiger partial charge in [0.1, 0.15) is 17.2 Å². The minimum atomic E-state index is -0.185. The summed E-state index contributed by atoms with van der Waals surface area (Å²) in [5.74, 6) is 3.12. The maximum atomic E-state index is 12.7. The van der Waals surface area contributed by atoms with Gasteiger partial charge in [-0.15, -0.1) is 0 Å². The van der Waals surface area contributed by atoms with Crippen LogP contribution in [0.3, 0.4) is 0 Å². The third-order valence-electron chi connectivity index (χ3n) is 6.28. The molecular formula is C30H26N2O5. The van der Waals surface area contributed by atoms with Crippen molar-refractivity contribution < 1.29 is 23.7 Å². The number of carbonyl (C=O) groups is 1. The maximum absolute atomic E-state index is 12.7. The molecule has 0 saturated heterocycles. The lowest BCUT2D eigenvalue weighted by atomic mass is 10.0. The van der Waals surface area contributed by atoms with E-state index in [2.05, 4.69) is 10.3 Å². The van der Waals surface area contributed by atoms with Crippen LogP contribution < -0.4 is 24.3 Å². The van der Waals surface area contributed by atoms with Gasteiger partial charge in [0.2, 0.25) is 0 Å². The number of nitrogens with zero attached hydrogens (tertiary/aromatic N) is 1. The predicted molar refractivity (Wildman–Crippen MR) is 145 cm³/mol. The number of methoxy groups -OCH3 is 3. The summed E-state index contributed by atoms with van der Waals surface area (Å²) in [5.41, 5.74) is 2.99. The number of benzene rings is 4. The van der Waals surface area contributed by atoms with Crippen molar-refractivity contribution in [3.05, 3.63) is 90.1 Å². The Morgan fingerprint density at radius 3 is 2.22 bits per heavy atom.